The van der Waals surface area contributed by atoms with Crippen LogP contribution in [0, 0.1) is 19.8 Å². The Balaban J connectivity index is 1.91. The molecule has 0 spiro atoms. The molecule has 1 aliphatic heterocycles. The lowest BCUT2D eigenvalue weighted by molar-refractivity contribution is -0.143. The number of thiophene rings is 1. The lowest BCUT2D eigenvalue weighted by atomic mass is 9.94. The molecule has 0 aliphatic carbocycles. The number of carboxylic acids is 1. The van der Waals surface area contributed by atoms with E-state index in [-0.39, 0.29) is 12.0 Å². The molecule has 122 valence electrons. The zero-order valence-electron chi connectivity index (χ0n) is 13.5. The number of aromatic nitrogens is 1. The highest BCUT2D eigenvalue weighted by molar-refractivity contribution is 7.12. The zero-order valence-corrected chi connectivity index (χ0v) is 14.3. The second kappa shape index (κ2) is 6.81. The van der Waals surface area contributed by atoms with Crippen LogP contribution in [-0.4, -0.2) is 34.0 Å². The summed E-state index contributed by atoms with van der Waals surface area (Å²) < 4.78 is 0. The van der Waals surface area contributed by atoms with Gasteiger partial charge in [0.15, 0.2) is 0 Å². The number of pyridine rings is 1. The first-order chi connectivity index (χ1) is 11.1. The molecule has 0 amide bonds. The standard InChI is InChI=1S/C18H22N2O2S/c1-12-4-3-9-19-16(12)17(15-6-5-13(2)23-15)20-10-7-14(8-11-20)18(21)22/h3-6,9,14,17H,7-8,10-11H2,1-2H3,(H,21,22). The van der Waals surface area contributed by atoms with Crippen LogP contribution in [0.25, 0.3) is 0 Å². The highest BCUT2D eigenvalue weighted by Gasteiger charge is 2.32. The molecule has 0 saturated carbocycles. The Morgan fingerprint density at radius 2 is 2.04 bits per heavy atom. The SMILES string of the molecule is Cc1ccc(C(c2ncccc2C)N2CCC(C(=O)O)CC2)s1. The number of hydrogen-bond acceptors (Lipinski definition) is 4. The number of carboxylic acid groups (broad SMARTS) is 1. The summed E-state index contributed by atoms with van der Waals surface area (Å²) in [5.74, 6) is -0.871. The van der Waals surface area contributed by atoms with Crippen LogP contribution in [-0.2, 0) is 4.79 Å². The Morgan fingerprint density at radius 1 is 1.30 bits per heavy atom. The topological polar surface area (TPSA) is 53.4 Å². The third kappa shape index (κ3) is 3.46. The number of carbonyl (C=O) groups is 1. The van der Waals surface area contributed by atoms with Crippen LogP contribution in [0.2, 0.25) is 0 Å². The minimum atomic E-state index is -0.665. The third-order valence-electron chi connectivity index (χ3n) is 4.58. The quantitative estimate of drug-likeness (QED) is 0.930. The van der Waals surface area contributed by atoms with Crippen LogP contribution in [0.3, 0.4) is 0 Å². The highest BCUT2D eigenvalue weighted by Crippen LogP contribution is 2.36. The van der Waals surface area contributed by atoms with Crippen molar-refractivity contribution in [1.82, 2.24) is 9.88 Å². The molecule has 0 bridgehead atoms. The second-order valence-electron chi connectivity index (χ2n) is 6.20. The molecule has 23 heavy (non-hydrogen) atoms. The van der Waals surface area contributed by atoms with Crippen molar-refractivity contribution in [2.75, 3.05) is 13.1 Å². The molecule has 5 heteroatoms. The molecule has 1 unspecified atom stereocenters. The van der Waals surface area contributed by atoms with Gasteiger partial charge in [0.1, 0.15) is 0 Å². The van der Waals surface area contributed by atoms with Crippen molar-refractivity contribution in [3.63, 3.8) is 0 Å². The maximum atomic E-state index is 11.2. The molecule has 1 fully saturated rings. The molecule has 0 aromatic carbocycles. The van der Waals surface area contributed by atoms with E-state index in [1.807, 2.05) is 12.3 Å². The first-order valence-electron chi connectivity index (χ1n) is 8.01. The van der Waals surface area contributed by atoms with Gasteiger partial charge in [-0.25, -0.2) is 0 Å². The molecule has 1 atom stereocenters. The average Bonchev–Trinajstić information content (AvgIpc) is 2.96. The Bertz CT molecular complexity index is 690. The van der Waals surface area contributed by atoms with E-state index in [9.17, 15) is 9.90 Å². The van der Waals surface area contributed by atoms with Gasteiger partial charge in [-0.2, -0.15) is 0 Å². The summed E-state index contributed by atoms with van der Waals surface area (Å²) in [7, 11) is 0. The summed E-state index contributed by atoms with van der Waals surface area (Å²) in [4.78, 5) is 20.8. The maximum Gasteiger partial charge on any atom is 0.306 e. The van der Waals surface area contributed by atoms with Gasteiger partial charge in [0.2, 0.25) is 0 Å². The molecule has 3 heterocycles. The summed E-state index contributed by atoms with van der Waals surface area (Å²) >= 11 is 1.80. The maximum absolute atomic E-state index is 11.2. The van der Waals surface area contributed by atoms with E-state index < -0.39 is 5.97 Å². The molecule has 1 N–H and O–H groups in total. The lowest BCUT2D eigenvalue weighted by Crippen LogP contribution is -2.39. The molecule has 1 saturated heterocycles. The Morgan fingerprint density at radius 3 is 2.61 bits per heavy atom. The average molecular weight is 330 g/mol. The number of hydrogen-bond donors (Lipinski definition) is 1. The molecule has 2 aromatic rings. The molecule has 0 radical (unpaired) electrons. The van der Waals surface area contributed by atoms with E-state index in [1.54, 1.807) is 11.3 Å². The normalized spacial score (nSPS) is 18.0. The summed E-state index contributed by atoms with van der Waals surface area (Å²) in [6.07, 6.45) is 3.27. The monoisotopic (exact) mass is 330 g/mol. The number of aryl methyl sites for hydroxylation is 2. The number of likely N-dealkylation sites (tertiary alicyclic amines) is 1. The van der Waals surface area contributed by atoms with Gasteiger partial charge in [0, 0.05) is 16.0 Å². The van der Waals surface area contributed by atoms with Crippen molar-refractivity contribution in [3.05, 3.63) is 51.5 Å². The minimum Gasteiger partial charge on any atom is -0.481 e. The fourth-order valence-electron chi connectivity index (χ4n) is 3.28. The highest BCUT2D eigenvalue weighted by atomic mass is 32.1. The van der Waals surface area contributed by atoms with Crippen LogP contribution < -0.4 is 0 Å². The summed E-state index contributed by atoms with van der Waals surface area (Å²) in [5.41, 5.74) is 2.27. The number of nitrogens with zero attached hydrogens (tertiary/aromatic N) is 2. The first kappa shape index (κ1) is 16.1. The van der Waals surface area contributed by atoms with Gasteiger partial charge in [-0.15, -0.1) is 11.3 Å². The van der Waals surface area contributed by atoms with Crippen LogP contribution in [0.4, 0.5) is 0 Å². The molecular weight excluding hydrogens is 308 g/mol. The summed E-state index contributed by atoms with van der Waals surface area (Å²) in [5, 5.41) is 9.22. The van der Waals surface area contributed by atoms with E-state index >= 15 is 0 Å². The van der Waals surface area contributed by atoms with E-state index in [2.05, 4.69) is 41.9 Å². The van der Waals surface area contributed by atoms with Gasteiger partial charge in [-0.1, -0.05) is 6.07 Å². The zero-order chi connectivity index (χ0) is 16.4. The van der Waals surface area contributed by atoms with Crippen LogP contribution in [0.1, 0.15) is 39.9 Å². The fourth-order valence-corrected chi connectivity index (χ4v) is 4.29. The minimum absolute atomic E-state index is 0.129. The Labute approximate surface area is 140 Å². The molecular formula is C18H22N2O2S. The van der Waals surface area contributed by atoms with Crippen molar-refractivity contribution in [3.8, 4) is 0 Å². The molecule has 1 aliphatic rings. The Kier molecular flexibility index (Phi) is 4.78. The van der Waals surface area contributed by atoms with Crippen molar-refractivity contribution in [1.29, 1.82) is 0 Å². The van der Waals surface area contributed by atoms with Crippen molar-refractivity contribution in [2.45, 2.75) is 32.7 Å². The van der Waals surface area contributed by atoms with E-state index in [1.165, 1.54) is 15.3 Å². The summed E-state index contributed by atoms with van der Waals surface area (Å²) in [6, 6.07) is 8.52. The van der Waals surface area contributed by atoms with Crippen molar-refractivity contribution in [2.24, 2.45) is 5.92 Å². The molecule has 3 rings (SSSR count). The first-order valence-corrected chi connectivity index (χ1v) is 8.82. The predicted molar refractivity (Wildman–Crippen MR) is 91.8 cm³/mol. The van der Waals surface area contributed by atoms with Crippen molar-refractivity contribution < 1.29 is 9.90 Å². The lowest BCUT2D eigenvalue weighted by Gasteiger charge is -2.36. The van der Waals surface area contributed by atoms with Gasteiger partial charge < -0.3 is 5.11 Å². The van der Waals surface area contributed by atoms with E-state index in [0.717, 1.165) is 18.8 Å². The van der Waals surface area contributed by atoms with Gasteiger partial charge in [0.25, 0.3) is 0 Å². The number of aliphatic carboxylic acids is 1. The third-order valence-corrected chi connectivity index (χ3v) is 5.64. The number of piperidine rings is 1. The molecule has 2 aromatic heterocycles. The van der Waals surface area contributed by atoms with E-state index in [4.69, 9.17) is 0 Å². The van der Waals surface area contributed by atoms with Gasteiger partial charge in [-0.3, -0.25) is 14.7 Å². The van der Waals surface area contributed by atoms with Crippen molar-refractivity contribution >= 4 is 17.3 Å². The van der Waals surface area contributed by atoms with E-state index in [0.29, 0.717) is 12.8 Å². The predicted octanol–water partition coefficient (Wildman–Crippen LogP) is 3.65. The van der Waals surface area contributed by atoms with Gasteiger partial charge in [-0.05, 0) is 63.5 Å². The second-order valence-corrected chi connectivity index (χ2v) is 7.52. The summed E-state index contributed by atoms with van der Waals surface area (Å²) in [6.45, 7) is 5.82. The van der Waals surface area contributed by atoms with Gasteiger partial charge >= 0.3 is 5.97 Å². The van der Waals surface area contributed by atoms with Crippen LogP contribution >= 0.6 is 11.3 Å². The van der Waals surface area contributed by atoms with Gasteiger partial charge in [0.05, 0.1) is 17.7 Å². The molecule has 4 nitrogen and oxygen atoms in total. The van der Waals surface area contributed by atoms with Crippen LogP contribution in [0.15, 0.2) is 30.5 Å². The Hall–Kier alpha value is -1.72. The fraction of sp³-hybridized carbons (Fsp3) is 0.444. The van der Waals surface area contributed by atoms with Crippen LogP contribution in [0.5, 0.6) is 0 Å². The smallest absolute Gasteiger partial charge is 0.306 e. The number of rotatable bonds is 4. The largest absolute Gasteiger partial charge is 0.481 e.